The van der Waals surface area contributed by atoms with Crippen LogP contribution in [0.5, 0.6) is 11.6 Å². The number of methoxy groups -OCH3 is 1. The molecular weight excluding hydrogens is 273 g/mol. The Labute approximate surface area is 114 Å². The van der Waals surface area contributed by atoms with E-state index in [1.807, 2.05) is 0 Å². The summed E-state index contributed by atoms with van der Waals surface area (Å²) in [6.45, 7) is 0.207. The summed E-state index contributed by atoms with van der Waals surface area (Å²) in [4.78, 5) is 8.06. The lowest BCUT2D eigenvalue weighted by Gasteiger charge is -2.08. The Morgan fingerprint density at radius 3 is 2.79 bits per heavy atom. The lowest BCUT2D eigenvalue weighted by atomic mass is 10.3. The van der Waals surface area contributed by atoms with Gasteiger partial charge in [0.25, 0.3) is 0 Å². The Hall–Kier alpha value is -1.92. The molecule has 7 heteroatoms. The highest BCUT2D eigenvalue weighted by atomic mass is 35.5. The second-order valence-corrected chi connectivity index (χ2v) is 4.06. The van der Waals surface area contributed by atoms with Crippen molar-refractivity contribution in [2.45, 2.75) is 6.61 Å². The fourth-order valence-electron chi connectivity index (χ4n) is 1.41. The first-order chi connectivity index (χ1) is 9.08. The normalized spacial score (nSPS) is 10.5. The maximum absolute atomic E-state index is 12.9. The Morgan fingerprint density at radius 2 is 2.11 bits per heavy atom. The van der Waals surface area contributed by atoms with Crippen molar-refractivity contribution in [2.24, 2.45) is 0 Å². The largest absolute Gasteiger partial charge is 0.437 e. The smallest absolute Gasteiger partial charge is 0.224 e. The number of benzene rings is 1. The van der Waals surface area contributed by atoms with Gasteiger partial charge in [0.15, 0.2) is 5.82 Å². The van der Waals surface area contributed by atoms with E-state index in [0.29, 0.717) is 5.82 Å². The van der Waals surface area contributed by atoms with Gasteiger partial charge in [-0.2, -0.15) is 4.98 Å². The summed E-state index contributed by atoms with van der Waals surface area (Å²) in [5.41, 5.74) is 5.63. The number of aromatic nitrogens is 2. The van der Waals surface area contributed by atoms with Gasteiger partial charge in [-0.3, -0.25) is 0 Å². The average Bonchev–Trinajstić information content (AvgIpc) is 2.32. The first kappa shape index (κ1) is 13.5. The standard InChI is InChI=1S/C12H11ClFN3O2/c1-18-6-11-16-10(15)5-12(17-11)19-9-3-2-7(14)4-8(9)13/h2-5H,6H2,1H3,(H2,15,16,17). The van der Waals surface area contributed by atoms with E-state index >= 15 is 0 Å². The van der Waals surface area contributed by atoms with Crippen molar-refractivity contribution < 1.29 is 13.9 Å². The van der Waals surface area contributed by atoms with Crippen LogP contribution in [0.1, 0.15) is 5.82 Å². The number of hydrogen-bond acceptors (Lipinski definition) is 5. The first-order valence-corrected chi connectivity index (χ1v) is 5.71. The van der Waals surface area contributed by atoms with Crippen molar-refractivity contribution in [3.63, 3.8) is 0 Å². The van der Waals surface area contributed by atoms with Crippen molar-refractivity contribution in [3.8, 4) is 11.6 Å². The number of rotatable bonds is 4. The maximum atomic E-state index is 12.9. The van der Waals surface area contributed by atoms with Crippen molar-refractivity contribution in [2.75, 3.05) is 12.8 Å². The van der Waals surface area contributed by atoms with E-state index in [1.165, 1.54) is 25.3 Å². The van der Waals surface area contributed by atoms with Gasteiger partial charge in [-0.25, -0.2) is 9.37 Å². The highest BCUT2D eigenvalue weighted by Gasteiger charge is 2.08. The predicted molar refractivity (Wildman–Crippen MR) is 68.6 cm³/mol. The van der Waals surface area contributed by atoms with Gasteiger partial charge in [-0.05, 0) is 18.2 Å². The molecule has 0 bridgehead atoms. The number of nitrogen functional groups attached to an aromatic ring is 1. The van der Waals surface area contributed by atoms with E-state index in [2.05, 4.69) is 9.97 Å². The van der Waals surface area contributed by atoms with Crippen LogP contribution in [0, 0.1) is 5.82 Å². The summed E-state index contributed by atoms with van der Waals surface area (Å²) in [6.07, 6.45) is 0. The van der Waals surface area contributed by atoms with E-state index in [4.69, 9.17) is 26.8 Å². The molecule has 19 heavy (non-hydrogen) atoms. The molecule has 0 fully saturated rings. The van der Waals surface area contributed by atoms with Gasteiger partial charge in [0.2, 0.25) is 5.88 Å². The second-order valence-electron chi connectivity index (χ2n) is 3.66. The number of anilines is 1. The highest BCUT2D eigenvalue weighted by molar-refractivity contribution is 6.32. The highest BCUT2D eigenvalue weighted by Crippen LogP contribution is 2.29. The minimum absolute atomic E-state index is 0.144. The minimum Gasteiger partial charge on any atom is -0.437 e. The molecule has 2 aromatic rings. The molecule has 1 aromatic heterocycles. The van der Waals surface area contributed by atoms with Crippen LogP contribution in [-0.2, 0) is 11.3 Å². The zero-order valence-electron chi connectivity index (χ0n) is 10.1. The van der Waals surface area contributed by atoms with Crippen molar-refractivity contribution in [1.82, 2.24) is 9.97 Å². The van der Waals surface area contributed by atoms with Crippen LogP contribution in [0.15, 0.2) is 24.3 Å². The molecule has 0 aliphatic carbocycles. The molecule has 0 unspecified atom stereocenters. The molecule has 0 atom stereocenters. The number of hydrogen-bond donors (Lipinski definition) is 1. The van der Waals surface area contributed by atoms with Crippen LogP contribution >= 0.6 is 11.6 Å². The Kier molecular flexibility index (Phi) is 4.13. The van der Waals surface area contributed by atoms with Crippen LogP contribution < -0.4 is 10.5 Å². The molecule has 1 heterocycles. The van der Waals surface area contributed by atoms with Crippen LogP contribution in [0.2, 0.25) is 5.02 Å². The predicted octanol–water partition coefficient (Wildman–Crippen LogP) is 2.79. The summed E-state index contributed by atoms with van der Waals surface area (Å²) in [5, 5.41) is 0.144. The van der Waals surface area contributed by atoms with E-state index in [9.17, 15) is 4.39 Å². The quantitative estimate of drug-likeness (QED) is 0.934. The van der Waals surface area contributed by atoms with Crippen LogP contribution in [0.4, 0.5) is 10.2 Å². The summed E-state index contributed by atoms with van der Waals surface area (Å²) in [7, 11) is 1.52. The van der Waals surface area contributed by atoms with Crippen molar-refractivity contribution >= 4 is 17.4 Å². The third-order valence-corrected chi connectivity index (χ3v) is 2.45. The summed E-state index contributed by atoms with van der Waals surface area (Å²) in [6, 6.07) is 5.24. The van der Waals surface area contributed by atoms with E-state index in [-0.39, 0.29) is 29.1 Å². The molecular formula is C12H11ClFN3O2. The van der Waals surface area contributed by atoms with E-state index < -0.39 is 5.82 Å². The maximum Gasteiger partial charge on any atom is 0.224 e. The zero-order chi connectivity index (χ0) is 13.8. The van der Waals surface area contributed by atoms with Crippen LogP contribution in [0.25, 0.3) is 0 Å². The fourth-order valence-corrected chi connectivity index (χ4v) is 1.61. The van der Waals surface area contributed by atoms with Gasteiger partial charge in [0, 0.05) is 13.2 Å². The molecule has 0 saturated carbocycles. The molecule has 0 amide bonds. The molecule has 0 spiro atoms. The Balaban J connectivity index is 2.27. The number of ether oxygens (including phenoxy) is 2. The summed E-state index contributed by atoms with van der Waals surface area (Å²) >= 11 is 5.86. The van der Waals surface area contributed by atoms with Gasteiger partial charge < -0.3 is 15.2 Å². The number of halogens is 2. The molecule has 0 aliphatic rings. The molecule has 2 N–H and O–H groups in total. The molecule has 1 aromatic carbocycles. The second kappa shape index (κ2) is 5.81. The Bertz CT molecular complexity index is 595. The number of nitrogens with two attached hydrogens (primary N) is 1. The van der Waals surface area contributed by atoms with Gasteiger partial charge in [-0.15, -0.1) is 0 Å². The molecule has 0 aliphatic heterocycles. The van der Waals surface area contributed by atoms with Gasteiger partial charge in [0.1, 0.15) is 24.0 Å². The molecule has 2 rings (SSSR count). The fraction of sp³-hybridized carbons (Fsp3) is 0.167. The van der Waals surface area contributed by atoms with Gasteiger partial charge in [-0.1, -0.05) is 11.6 Å². The first-order valence-electron chi connectivity index (χ1n) is 5.34. The average molecular weight is 284 g/mol. The van der Waals surface area contributed by atoms with Gasteiger partial charge >= 0.3 is 0 Å². The monoisotopic (exact) mass is 283 g/mol. The summed E-state index contributed by atoms with van der Waals surface area (Å²) < 4.78 is 23.3. The van der Waals surface area contributed by atoms with Crippen LogP contribution in [-0.4, -0.2) is 17.1 Å². The topological polar surface area (TPSA) is 70.3 Å². The molecule has 0 radical (unpaired) electrons. The molecule has 5 nitrogen and oxygen atoms in total. The lowest BCUT2D eigenvalue weighted by molar-refractivity contribution is 0.177. The zero-order valence-corrected chi connectivity index (χ0v) is 10.8. The summed E-state index contributed by atoms with van der Waals surface area (Å²) in [5.74, 6) is 0.684. The number of nitrogens with zero attached hydrogens (tertiary/aromatic N) is 2. The molecule has 100 valence electrons. The van der Waals surface area contributed by atoms with Crippen molar-refractivity contribution in [3.05, 3.63) is 40.9 Å². The lowest BCUT2D eigenvalue weighted by Crippen LogP contribution is -2.02. The third-order valence-electron chi connectivity index (χ3n) is 2.15. The van der Waals surface area contributed by atoms with Crippen molar-refractivity contribution in [1.29, 1.82) is 0 Å². The SMILES string of the molecule is COCc1nc(N)cc(Oc2ccc(F)cc2Cl)n1. The van der Waals surface area contributed by atoms with E-state index in [0.717, 1.165) is 6.07 Å². The Morgan fingerprint density at radius 1 is 1.32 bits per heavy atom. The minimum atomic E-state index is -0.445. The van der Waals surface area contributed by atoms with E-state index in [1.54, 1.807) is 0 Å². The van der Waals surface area contributed by atoms with Crippen LogP contribution in [0.3, 0.4) is 0 Å². The molecule has 0 saturated heterocycles. The van der Waals surface area contributed by atoms with Gasteiger partial charge in [0.05, 0.1) is 5.02 Å². The third kappa shape index (κ3) is 3.52.